The fourth-order valence-electron chi connectivity index (χ4n) is 2.72. The van der Waals surface area contributed by atoms with Gasteiger partial charge in [0.15, 0.2) is 11.5 Å². The van der Waals surface area contributed by atoms with Crippen LogP contribution in [0.3, 0.4) is 0 Å². The number of nitrogens with one attached hydrogen (secondary N) is 2. The summed E-state index contributed by atoms with van der Waals surface area (Å²) in [6, 6.07) is 10.4. The van der Waals surface area contributed by atoms with Crippen LogP contribution in [0, 0.1) is 0 Å². The van der Waals surface area contributed by atoms with Crippen LogP contribution in [0.4, 0.5) is 0 Å². The Balaban J connectivity index is 2.11. The van der Waals surface area contributed by atoms with Crippen molar-refractivity contribution in [1.82, 2.24) is 10.9 Å². The lowest BCUT2D eigenvalue weighted by Crippen LogP contribution is -2.40. The molecule has 0 heterocycles. The molecule has 2 N–H and O–H groups in total. The van der Waals surface area contributed by atoms with Crippen LogP contribution in [0.15, 0.2) is 42.5 Å². The van der Waals surface area contributed by atoms with Crippen LogP contribution in [0.1, 0.15) is 36.7 Å². The Morgan fingerprint density at radius 1 is 0.871 bits per heavy atom. The van der Waals surface area contributed by atoms with Gasteiger partial charge in [0.25, 0.3) is 11.8 Å². The Bertz CT molecular complexity index is 899. The second-order valence-electron chi connectivity index (χ2n) is 6.12. The monoisotopic (exact) mass is 428 g/mol. The molecule has 0 fully saturated rings. The van der Waals surface area contributed by atoms with Crippen LogP contribution in [0.2, 0.25) is 0 Å². The summed E-state index contributed by atoms with van der Waals surface area (Å²) < 4.78 is 22.1. The predicted molar refractivity (Wildman–Crippen MR) is 118 cm³/mol. The van der Waals surface area contributed by atoms with E-state index in [1.54, 1.807) is 31.4 Å². The highest BCUT2D eigenvalue weighted by Crippen LogP contribution is 2.39. The molecule has 0 saturated carbocycles. The van der Waals surface area contributed by atoms with Gasteiger partial charge in [-0.1, -0.05) is 18.2 Å². The van der Waals surface area contributed by atoms with Crippen molar-refractivity contribution < 1.29 is 28.5 Å². The first-order valence-corrected chi connectivity index (χ1v) is 10.0. The highest BCUT2D eigenvalue weighted by Gasteiger charge is 2.18. The highest BCUT2D eigenvalue weighted by atomic mass is 16.5. The van der Waals surface area contributed by atoms with Crippen LogP contribution in [-0.4, -0.2) is 38.7 Å². The van der Waals surface area contributed by atoms with Gasteiger partial charge in [0.1, 0.15) is 5.75 Å². The van der Waals surface area contributed by atoms with Crippen LogP contribution >= 0.6 is 0 Å². The Labute approximate surface area is 182 Å². The van der Waals surface area contributed by atoms with Gasteiger partial charge in [-0.15, -0.1) is 0 Å². The van der Waals surface area contributed by atoms with Gasteiger partial charge in [-0.3, -0.25) is 20.4 Å². The molecule has 2 amide bonds. The minimum absolute atomic E-state index is 0.254. The van der Waals surface area contributed by atoms with E-state index in [0.29, 0.717) is 42.8 Å². The number of benzene rings is 2. The Hall–Kier alpha value is -3.68. The maximum absolute atomic E-state index is 12.6. The molecule has 2 aromatic carbocycles. The molecule has 0 unspecified atom stereocenters. The molecule has 0 aromatic heterocycles. The number of hydrogen-bond acceptors (Lipinski definition) is 6. The van der Waals surface area contributed by atoms with E-state index in [1.807, 2.05) is 39.0 Å². The van der Waals surface area contributed by atoms with Crippen molar-refractivity contribution >= 4 is 17.9 Å². The number of ether oxygens (including phenoxy) is 4. The Morgan fingerprint density at radius 3 is 2.06 bits per heavy atom. The first-order valence-electron chi connectivity index (χ1n) is 10.0. The summed E-state index contributed by atoms with van der Waals surface area (Å²) in [6.07, 6.45) is 2.89. The lowest BCUT2D eigenvalue weighted by Gasteiger charge is -2.17. The van der Waals surface area contributed by atoms with Gasteiger partial charge in [-0.2, -0.15) is 0 Å². The van der Waals surface area contributed by atoms with Crippen molar-refractivity contribution in [3.05, 3.63) is 53.6 Å². The summed E-state index contributed by atoms with van der Waals surface area (Å²) in [5, 5.41) is 0. The minimum atomic E-state index is -0.524. The zero-order chi connectivity index (χ0) is 22.6. The summed E-state index contributed by atoms with van der Waals surface area (Å²) in [6.45, 7) is 6.71. The molecule has 0 aliphatic carbocycles. The van der Waals surface area contributed by atoms with Crippen LogP contribution in [0.25, 0.3) is 6.08 Å². The number of rotatable bonds is 10. The quantitative estimate of drug-likeness (QED) is 0.445. The van der Waals surface area contributed by atoms with Gasteiger partial charge < -0.3 is 18.9 Å². The smallest absolute Gasteiger partial charge is 0.269 e. The van der Waals surface area contributed by atoms with Crippen molar-refractivity contribution in [3.8, 4) is 23.0 Å². The molecule has 8 heteroatoms. The first kappa shape index (κ1) is 23.6. The van der Waals surface area contributed by atoms with E-state index in [0.717, 1.165) is 5.56 Å². The van der Waals surface area contributed by atoms with Gasteiger partial charge >= 0.3 is 0 Å². The third-order valence-corrected chi connectivity index (χ3v) is 4.02. The third-order valence-electron chi connectivity index (χ3n) is 4.02. The molecule has 0 aliphatic rings. The van der Waals surface area contributed by atoms with E-state index >= 15 is 0 Å². The van der Waals surface area contributed by atoms with Gasteiger partial charge in [0.05, 0.1) is 26.9 Å². The molecule has 0 radical (unpaired) electrons. The van der Waals surface area contributed by atoms with E-state index in [9.17, 15) is 9.59 Å². The average Bonchev–Trinajstić information content (AvgIpc) is 2.78. The largest absolute Gasteiger partial charge is 0.496 e. The number of hydrogen-bond donors (Lipinski definition) is 2. The van der Waals surface area contributed by atoms with Gasteiger partial charge in [-0.25, -0.2) is 0 Å². The lowest BCUT2D eigenvalue weighted by molar-refractivity contribution is -0.117. The number of amides is 2. The van der Waals surface area contributed by atoms with Crippen LogP contribution < -0.4 is 29.8 Å². The topological polar surface area (TPSA) is 95.1 Å². The summed E-state index contributed by atoms with van der Waals surface area (Å²) in [5.41, 5.74) is 5.72. The summed E-state index contributed by atoms with van der Waals surface area (Å²) >= 11 is 0. The maximum atomic E-state index is 12.6. The summed E-state index contributed by atoms with van der Waals surface area (Å²) in [4.78, 5) is 24.7. The van der Waals surface area contributed by atoms with Crippen LogP contribution in [0.5, 0.6) is 23.0 Å². The molecular weight excluding hydrogens is 400 g/mol. The number of hydrazine groups is 1. The molecule has 31 heavy (non-hydrogen) atoms. The van der Waals surface area contributed by atoms with Crippen molar-refractivity contribution in [1.29, 1.82) is 0 Å². The number of methoxy groups -OCH3 is 1. The van der Waals surface area contributed by atoms with Crippen molar-refractivity contribution in [3.63, 3.8) is 0 Å². The molecule has 0 saturated heterocycles. The standard InChI is InChI=1S/C23H28N2O6/c1-5-29-19-14-17(15-20(30-6-2)22(19)31-7-3)23(27)25-24-21(26)13-12-16-10-8-9-11-18(16)28-4/h8-15H,5-7H2,1-4H3,(H,24,26)(H,25,27)/b13-12+. The Morgan fingerprint density at radius 2 is 1.48 bits per heavy atom. The van der Waals surface area contributed by atoms with E-state index in [4.69, 9.17) is 18.9 Å². The van der Waals surface area contributed by atoms with E-state index < -0.39 is 11.8 Å². The molecule has 0 bridgehead atoms. The zero-order valence-electron chi connectivity index (χ0n) is 18.2. The average molecular weight is 428 g/mol. The lowest BCUT2D eigenvalue weighted by atomic mass is 10.1. The van der Waals surface area contributed by atoms with E-state index in [1.165, 1.54) is 6.08 Å². The predicted octanol–water partition coefficient (Wildman–Crippen LogP) is 3.37. The van der Waals surface area contributed by atoms with Crippen LogP contribution in [-0.2, 0) is 4.79 Å². The molecular formula is C23H28N2O6. The minimum Gasteiger partial charge on any atom is -0.496 e. The van der Waals surface area contributed by atoms with Crippen molar-refractivity contribution in [2.45, 2.75) is 20.8 Å². The van der Waals surface area contributed by atoms with Gasteiger partial charge in [0.2, 0.25) is 5.75 Å². The molecule has 2 aromatic rings. The van der Waals surface area contributed by atoms with Gasteiger partial charge in [-0.05, 0) is 45.0 Å². The number of carbonyl (C=O) groups excluding carboxylic acids is 2. The molecule has 2 rings (SSSR count). The molecule has 8 nitrogen and oxygen atoms in total. The number of carbonyl (C=O) groups is 2. The van der Waals surface area contributed by atoms with E-state index in [2.05, 4.69) is 10.9 Å². The van der Waals surface area contributed by atoms with E-state index in [-0.39, 0.29) is 5.56 Å². The Kier molecular flexibility index (Phi) is 9.22. The summed E-state index contributed by atoms with van der Waals surface area (Å²) in [7, 11) is 1.55. The SMILES string of the molecule is CCOc1cc(C(=O)NNC(=O)/C=C/c2ccccc2OC)cc(OCC)c1OCC. The molecule has 166 valence electrons. The number of para-hydroxylation sites is 1. The maximum Gasteiger partial charge on any atom is 0.269 e. The fourth-order valence-corrected chi connectivity index (χ4v) is 2.72. The third kappa shape index (κ3) is 6.67. The molecule has 0 atom stereocenters. The fraction of sp³-hybridized carbons (Fsp3) is 0.304. The van der Waals surface area contributed by atoms with Crippen molar-refractivity contribution in [2.24, 2.45) is 0 Å². The van der Waals surface area contributed by atoms with Gasteiger partial charge in [0, 0.05) is 17.2 Å². The second-order valence-corrected chi connectivity index (χ2v) is 6.12. The first-order chi connectivity index (χ1) is 15.0. The van der Waals surface area contributed by atoms with Crippen molar-refractivity contribution in [2.75, 3.05) is 26.9 Å². The molecule has 0 spiro atoms. The zero-order valence-corrected chi connectivity index (χ0v) is 18.2. The molecule has 0 aliphatic heterocycles. The normalized spacial score (nSPS) is 10.5. The summed E-state index contributed by atoms with van der Waals surface area (Å²) in [5.74, 6) is 0.832. The highest BCUT2D eigenvalue weighted by molar-refractivity contribution is 5.98. The second kappa shape index (κ2) is 12.1.